The Morgan fingerprint density at radius 3 is 2.52 bits per heavy atom. The monoisotopic (exact) mass is 367 g/mol. The van der Waals surface area contributed by atoms with Crippen LogP contribution >= 0.6 is 0 Å². The van der Waals surface area contributed by atoms with Crippen molar-refractivity contribution in [1.29, 1.82) is 0 Å². The first-order chi connectivity index (χ1) is 13.1. The first-order valence-corrected chi connectivity index (χ1v) is 8.72. The van der Waals surface area contributed by atoms with E-state index in [1.54, 1.807) is 0 Å². The summed E-state index contributed by atoms with van der Waals surface area (Å²) in [6.45, 7) is 0.293. The standard InChI is InChI=1S/C20H18FN3O3/c21-16-8-6-14(7-9-16)18-23-24(19(26)27-18)12-17(25)22-13-20(10-11-20)15-4-2-1-3-5-15/h1-9H,10-13H2,(H,22,25). The van der Waals surface area contributed by atoms with Gasteiger partial charge in [0.2, 0.25) is 11.8 Å². The predicted octanol–water partition coefficient (Wildman–Crippen LogP) is 2.49. The summed E-state index contributed by atoms with van der Waals surface area (Å²) >= 11 is 0. The molecule has 1 aliphatic rings. The molecule has 1 amide bonds. The lowest BCUT2D eigenvalue weighted by molar-refractivity contribution is -0.122. The summed E-state index contributed by atoms with van der Waals surface area (Å²) in [5.74, 6) is -1.38. The van der Waals surface area contributed by atoms with Crippen molar-refractivity contribution in [2.24, 2.45) is 0 Å². The van der Waals surface area contributed by atoms with Gasteiger partial charge in [-0.1, -0.05) is 30.3 Å². The lowest BCUT2D eigenvalue weighted by Crippen LogP contribution is -2.36. The fourth-order valence-corrected chi connectivity index (χ4v) is 3.09. The maximum atomic E-state index is 13.0. The maximum absolute atomic E-state index is 13.0. The predicted molar refractivity (Wildman–Crippen MR) is 96.5 cm³/mol. The van der Waals surface area contributed by atoms with E-state index in [1.165, 1.54) is 29.8 Å². The van der Waals surface area contributed by atoms with Crippen molar-refractivity contribution >= 4 is 5.91 Å². The summed E-state index contributed by atoms with van der Waals surface area (Å²) < 4.78 is 19.0. The van der Waals surface area contributed by atoms with Gasteiger partial charge in [0.15, 0.2) is 0 Å². The van der Waals surface area contributed by atoms with Gasteiger partial charge in [-0.3, -0.25) is 4.79 Å². The van der Waals surface area contributed by atoms with Gasteiger partial charge in [-0.05, 0) is 42.7 Å². The van der Waals surface area contributed by atoms with Gasteiger partial charge in [0.1, 0.15) is 12.4 Å². The van der Waals surface area contributed by atoms with Gasteiger partial charge in [0, 0.05) is 17.5 Å². The third kappa shape index (κ3) is 3.67. The van der Waals surface area contributed by atoms with Crippen LogP contribution in [0.2, 0.25) is 0 Å². The molecule has 6 nitrogen and oxygen atoms in total. The van der Waals surface area contributed by atoms with Crippen molar-refractivity contribution in [1.82, 2.24) is 15.1 Å². The first-order valence-electron chi connectivity index (χ1n) is 8.72. The van der Waals surface area contributed by atoms with Crippen molar-refractivity contribution in [2.45, 2.75) is 24.8 Å². The zero-order valence-corrected chi connectivity index (χ0v) is 14.5. The Kier molecular flexibility index (Phi) is 4.35. The van der Waals surface area contributed by atoms with Crippen molar-refractivity contribution in [3.63, 3.8) is 0 Å². The molecule has 0 unspecified atom stereocenters. The van der Waals surface area contributed by atoms with Crippen LogP contribution in [0.5, 0.6) is 0 Å². The van der Waals surface area contributed by atoms with Gasteiger partial charge in [0.25, 0.3) is 0 Å². The van der Waals surface area contributed by atoms with E-state index in [-0.39, 0.29) is 23.8 Å². The number of rotatable bonds is 6. The SMILES string of the molecule is O=C(Cn1nc(-c2ccc(F)cc2)oc1=O)NCC1(c2ccccc2)CC1. The fraction of sp³-hybridized carbons (Fsp3) is 0.250. The van der Waals surface area contributed by atoms with Crippen LogP contribution in [0.4, 0.5) is 4.39 Å². The van der Waals surface area contributed by atoms with Crippen LogP contribution in [-0.4, -0.2) is 22.2 Å². The molecule has 3 aromatic rings. The van der Waals surface area contributed by atoms with Gasteiger partial charge in [0.05, 0.1) is 0 Å². The van der Waals surface area contributed by atoms with Crippen molar-refractivity contribution in [2.75, 3.05) is 6.54 Å². The van der Waals surface area contributed by atoms with Crippen LogP contribution in [0.3, 0.4) is 0 Å². The van der Waals surface area contributed by atoms with E-state index in [4.69, 9.17) is 4.42 Å². The Hall–Kier alpha value is -3.22. The third-order valence-electron chi connectivity index (χ3n) is 4.85. The molecule has 0 spiro atoms. The molecule has 1 saturated carbocycles. The molecule has 0 atom stereocenters. The molecule has 0 aliphatic heterocycles. The van der Waals surface area contributed by atoms with E-state index in [0.717, 1.165) is 17.5 Å². The van der Waals surface area contributed by atoms with Gasteiger partial charge in [-0.25, -0.2) is 9.18 Å². The van der Waals surface area contributed by atoms with E-state index in [9.17, 15) is 14.0 Å². The second kappa shape index (κ2) is 6.83. The minimum absolute atomic E-state index is 0.00895. The number of carbonyl (C=O) groups is 1. The van der Waals surface area contributed by atoms with Crippen LogP contribution in [0.1, 0.15) is 18.4 Å². The quantitative estimate of drug-likeness (QED) is 0.726. The van der Waals surface area contributed by atoms with Gasteiger partial charge < -0.3 is 9.73 Å². The highest BCUT2D eigenvalue weighted by Gasteiger charge is 2.44. The summed E-state index contributed by atoms with van der Waals surface area (Å²) in [5.41, 5.74) is 1.67. The Morgan fingerprint density at radius 2 is 1.85 bits per heavy atom. The molecule has 7 heteroatoms. The number of hydrogen-bond donors (Lipinski definition) is 1. The number of benzene rings is 2. The smallest absolute Gasteiger partial charge is 0.388 e. The number of hydrogen-bond acceptors (Lipinski definition) is 4. The van der Waals surface area contributed by atoms with E-state index < -0.39 is 11.6 Å². The summed E-state index contributed by atoms with van der Waals surface area (Å²) in [6, 6.07) is 15.5. The molecule has 1 N–H and O–H groups in total. The van der Waals surface area contributed by atoms with Crippen molar-refractivity contribution in [3.05, 3.63) is 76.5 Å². The highest BCUT2D eigenvalue weighted by atomic mass is 19.1. The van der Waals surface area contributed by atoms with Gasteiger partial charge in [-0.15, -0.1) is 5.10 Å². The summed E-state index contributed by atoms with van der Waals surface area (Å²) in [6.07, 6.45) is 2.05. The average molecular weight is 367 g/mol. The topological polar surface area (TPSA) is 77.1 Å². The van der Waals surface area contributed by atoms with Gasteiger partial charge >= 0.3 is 5.76 Å². The number of aromatic nitrogens is 2. The number of nitrogens with zero attached hydrogens (tertiary/aromatic N) is 2. The Morgan fingerprint density at radius 1 is 1.15 bits per heavy atom. The third-order valence-corrected chi connectivity index (χ3v) is 4.85. The highest BCUT2D eigenvalue weighted by Crippen LogP contribution is 2.47. The fourth-order valence-electron chi connectivity index (χ4n) is 3.09. The molecule has 27 heavy (non-hydrogen) atoms. The minimum atomic E-state index is -0.728. The Labute approximate surface area is 154 Å². The Bertz CT molecular complexity index is 1000. The molecule has 0 radical (unpaired) electrons. The highest BCUT2D eigenvalue weighted by molar-refractivity contribution is 5.75. The van der Waals surface area contributed by atoms with Crippen LogP contribution < -0.4 is 11.1 Å². The average Bonchev–Trinajstić information content (AvgIpc) is 3.40. The lowest BCUT2D eigenvalue weighted by atomic mass is 9.96. The number of carbonyl (C=O) groups excluding carboxylic acids is 1. The van der Waals surface area contributed by atoms with Gasteiger partial charge in [-0.2, -0.15) is 4.68 Å². The molecule has 1 heterocycles. The second-order valence-corrected chi connectivity index (χ2v) is 6.76. The molecule has 1 aromatic heterocycles. The summed E-state index contributed by atoms with van der Waals surface area (Å²) in [7, 11) is 0. The summed E-state index contributed by atoms with van der Waals surface area (Å²) in [5, 5.41) is 6.91. The van der Waals surface area contributed by atoms with Crippen LogP contribution in [0.25, 0.3) is 11.5 Å². The molecule has 1 fully saturated rings. The Balaban J connectivity index is 1.40. The number of nitrogens with one attached hydrogen (secondary N) is 1. The maximum Gasteiger partial charge on any atom is 0.437 e. The van der Waals surface area contributed by atoms with E-state index >= 15 is 0 Å². The molecule has 4 rings (SSSR count). The lowest BCUT2D eigenvalue weighted by Gasteiger charge is -2.16. The number of halogens is 1. The molecular weight excluding hydrogens is 349 g/mol. The molecule has 0 saturated heterocycles. The van der Waals surface area contributed by atoms with E-state index in [0.29, 0.717) is 12.1 Å². The normalized spacial score (nSPS) is 14.7. The van der Waals surface area contributed by atoms with Crippen molar-refractivity contribution in [3.8, 4) is 11.5 Å². The van der Waals surface area contributed by atoms with Crippen LogP contribution in [0, 0.1) is 5.82 Å². The number of amides is 1. The van der Waals surface area contributed by atoms with E-state index in [1.807, 2.05) is 18.2 Å². The molecular formula is C20H18FN3O3. The first kappa shape index (κ1) is 17.2. The zero-order valence-electron chi connectivity index (χ0n) is 14.5. The van der Waals surface area contributed by atoms with E-state index in [2.05, 4.69) is 22.5 Å². The largest absolute Gasteiger partial charge is 0.437 e. The second-order valence-electron chi connectivity index (χ2n) is 6.76. The molecule has 0 bridgehead atoms. The van der Waals surface area contributed by atoms with Crippen LogP contribution in [0.15, 0.2) is 63.8 Å². The molecule has 138 valence electrons. The molecule has 1 aliphatic carbocycles. The summed E-state index contributed by atoms with van der Waals surface area (Å²) in [4.78, 5) is 24.2. The zero-order chi connectivity index (χ0) is 18.9. The van der Waals surface area contributed by atoms with Crippen LogP contribution in [-0.2, 0) is 16.8 Å². The minimum Gasteiger partial charge on any atom is -0.388 e. The molecule has 2 aromatic carbocycles. The van der Waals surface area contributed by atoms with Crippen molar-refractivity contribution < 1.29 is 13.6 Å².